The second kappa shape index (κ2) is 27.8. The number of esters is 5. The Balaban J connectivity index is 3.38. The molecule has 0 aromatic heterocycles. The van der Waals surface area contributed by atoms with Gasteiger partial charge >= 0.3 is 29.8 Å². The minimum absolute atomic E-state index is 0.152. The highest BCUT2D eigenvalue weighted by Crippen LogP contribution is 2.14. The first-order valence-electron chi connectivity index (χ1n) is 17.6. The van der Waals surface area contributed by atoms with Crippen LogP contribution in [0, 0.1) is 0 Å². The van der Waals surface area contributed by atoms with E-state index in [0.29, 0.717) is 6.61 Å². The van der Waals surface area contributed by atoms with E-state index in [1.54, 1.807) is 44.4 Å². The summed E-state index contributed by atoms with van der Waals surface area (Å²) in [4.78, 5) is 72.9. The molecule has 1 unspecified atom stereocenters. The van der Waals surface area contributed by atoms with Gasteiger partial charge in [-0.2, -0.15) is 0 Å². The first kappa shape index (κ1) is 45.1. The summed E-state index contributed by atoms with van der Waals surface area (Å²) in [5, 5.41) is 0. The van der Waals surface area contributed by atoms with E-state index in [-0.39, 0.29) is 91.8 Å². The van der Waals surface area contributed by atoms with E-state index >= 15 is 0 Å². The van der Waals surface area contributed by atoms with Crippen molar-refractivity contribution in [2.24, 2.45) is 5.90 Å². The topological polar surface area (TPSA) is 176 Å². The fourth-order valence-corrected chi connectivity index (χ4v) is 5.07. The predicted molar refractivity (Wildman–Crippen MR) is 190 cm³/mol. The Morgan fingerprint density at radius 3 is 1.47 bits per heavy atom. The van der Waals surface area contributed by atoms with E-state index in [2.05, 4.69) is 4.84 Å². The summed E-state index contributed by atoms with van der Waals surface area (Å²) in [6, 6.07) is 7.23. The molecule has 15 heteroatoms. The fraction of sp³-hybridized carbons (Fsp3) is 0.639. The van der Waals surface area contributed by atoms with Crippen LogP contribution >= 0.6 is 0 Å². The van der Waals surface area contributed by atoms with E-state index in [4.69, 9.17) is 29.6 Å². The van der Waals surface area contributed by atoms with E-state index in [1.165, 1.54) is 0 Å². The van der Waals surface area contributed by atoms with Crippen molar-refractivity contribution in [1.29, 1.82) is 0 Å². The van der Waals surface area contributed by atoms with Gasteiger partial charge in [-0.15, -0.1) is 0 Å². The summed E-state index contributed by atoms with van der Waals surface area (Å²) in [6.45, 7) is 9.95. The molecule has 0 heterocycles. The SMILES string of the molecule is CCOC(=O)CN(CCN(CCN(CC(=O)OCC)CC(=O)OCC)C(C/C=C/c1ccc(CCCON)cc1)C(=O)OCC)CC(=O)OCC. The molecule has 0 fully saturated rings. The highest BCUT2D eigenvalue weighted by atomic mass is 16.6. The molecule has 0 aliphatic carbocycles. The van der Waals surface area contributed by atoms with Crippen molar-refractivity contribution in [3.63, 3.8) is 0 Å². The summed E-state index contributed by atoms with van der Waals surface area (Å²) in [5.74, 6) is 2.62. The van der Waals surface area contributed by atoms with Gasteiger partial charge in [-0.3, -0.25) is 38.7 Å². The van der Waals surface area contributed by atoms with Gasteiger partial charge in [-0.05, 0) is 65.0 Å². The van der Waals surface area contributed by atoms with Gasteiger partial charge in [-0.25, -0.2) is 5.90 Å². The molecule has 0 saturated heterocycles. The second-order valence-electron chi connectivity index (χ2n) is 11.3. The second-order valence-corrected chi connectivity index (χ2v) is 11.3. The summed E-state index contributed by atoms with van der Waals surface area (Å²) >= 11 is 0. The highest BCUT2D eigenvalue weighted by Gasteiger charge is 2.29. The lowest BCUT2D eigenvalue weighted by atomic mass is 10.1. The van der Waals surface area contributed by atoms with Crippen LogP contribution in [0.2, 0.25) is 0 Å². The summed E-state index contributed by atoms with van der Waals surface area (Å²) in [6.07, 6.45) is 5.69. The van der Waals surface area contributed by atoms with Crippen molar-refractivity contribution in [1.82, 2.24) is 14.7 Å². The third kappa shape index (κ3) is 20.5. The summed E-state index contributed by atoms with van der Waals surface area (Å²) < 4.78 is 26.0. The molecule has 2 N–H and O–H groups in total. The molecule has 0 spiro atoms. The Kier molecular flexibility index (Phi) is 24.6. The van der Waals surface area contributed by atoms with Crippen molar-refractivity contribution < 1.29 is 52.5 Å². The van der Waals surface area contributed by atoms with Crippen LogP contribution in [0.3, 0.4) is 0 Å². The monoisotopic (exact) mass is 722 g/mol. The van der Waals surface area contributed by atoms with Gasteiger partial charge in [-0.1, -0.05) is 36.4 Å². The zero-order valence-corrected chi connectivity index (χ0v) is 31.0. The van der Waals surface area contributed by atoms with Gasteiger partial charge in [0.05, 0.1) is 65.8 Å². The summed E-state index contributed by atoms with van der Waals surface area (Å²) in [5.41, 5.74) is 2.08. The molecule has 0 bridgehead atoms. The lowest BCUT2D eigenvalue weighted by Gasteiger charge is -2.33. The van der Waals surface area contributed by atoms with Crippen molar-refractivity contribution in [3.8, 4) is 0 Å². The van der Waals surface area contributed by atoms with Gasteiger partial charge < -0.3 is 28.5 Å². The molecule has 15 nitrogen and oxygen atoms in total. The van der Waals surface area contributed by atoms with Gasteiger partial charge in [0.2, 0.25) is 0 Å². The van der Waals surface area contributed by atoms with Crippen molar-refractivity contribution in [2.75, 3.05) is 92.0 Å². The normalized spacial score (nSPS) is 11.9. The number of rotatable bonds is 28. The minimum Gasteiger partial charge on any atom is -0.465 e. The molecule has 0 amide bonds. The third-order valence-corrected chi connectivity index (χ3v) is 7.42. The number of hydrogen-bond donors (Lipinski definition) is 1. The minimum atomic E-state index is -0.782. The number of carbonyl (C=O) groups excluding carboxylic acids is 5. The van der Waals surface area contributed by atoms with Crippen molar-refractivity contribution >= 4 is 35.9 Å². The molecular weight excluding hydrogens is 664 g/mol. The average molecular weight is 723 g/mol. The van der Waals surface area contributed by atoms with Crippen LogP contribution in [-0.4, -0.2) is 143 Å². The lowest BCUT2D eigenvalue weighted by molar-refractivity contribution is -0.152. The van der Waals surface area contributed by atoms with E-state index in [0.717, 1.165) is 24.0 Å². The van der Waals surface area contributed by atoms with Gasteiger partial charge in [0.15, 0.2) is 0 Å². The molecule has 0 saturated carbocycles. The Bertz CT molecular complexity index is 1110. The van der Waals surface area contributed by atoms with Crippen LogP contribution < -0.4 is 5.90 Å². The van der Waals surface area contributed by atoms with Crippen molar-refractivity contribution in [2.45, 2.75) is 59.9 Å². The maximum Gasteiger partial charge on any atom is 0.323 e. The molecule has 1 aromatic rings. The smallest absolute Gasteiger partial charge is 0.323 e. The summed E-state index contributed by atoms with van der Waals surface area (Å²) in [7, 11) is 0. The number of nitrogens with zero attached hydrogens (tertiary/aromatic N) is 3. The first-order chi connectivity index (χ1) is 24.6. The van der Waals surface area contributed by atoms with Crippen LogP contribution in [-0.2, 0) is 58.9 Å². The zero-order chi connectivity index (χ0) is 37.9. The molecule has 1 atom stereocenters. The molecule has 288 valence electrons. The molecule has 0 radical (unpaired) electrons. The molecule has 0 aliphatic rings. The maximum absolute atomic E-state index is 13.5. The Hall–Kier alpha value is -3.89. The number of carbonyl (C=O) groups is 5. The molecular formula is C36H58N4O11. The molecule has 0 aliphatic heterocycles. The van der Waals surface area contributed by atoms with Gasteiger partial charge in [0.1, 0.15) is 6.04 Å². The van der Waals surface area contributed by atoms with Crippen LogP contribution in [0.4, 0.5) is 0 Å². The van der Waals surface area contributed by atoms with E-state index < -0.39 is 35.9 Å². The van der Waals surface area contributed by atoms with Crippen LogP contribution in [0.5, 0.6) is 0 Å². The first-order valence-corrected chi connectivity index (χ1v) is 17.6. The van der Waals surface area contributed by atoms with Gasteiger partial charge in [0, 0.05) is 26.2 Å². The molecule has 1 rings (SSSR count). The lowest BCUT2D eigenvalue weighted by Crippen LogP contribution is -2.50. The number of nitrogens with two attached hydrogens (primary N) is 1. The highest BCUT2D eigenvalue weighted by molar-refractivity contribution is 5.77. The molecule has 51 heavy (non-hydrogen) atoms. The quantitative estimate of drug-likeness (QED) is 0.0575. The van der Waals surface area contributed by atoms with Gasteiger partial charge in [0.25, 0.3) is 0 Å². The standard InChI is InChI=1S/C36H58N4O11/c1-6-46-32(41)25-38(26-33(42)47-7-2)20-22-40(23-21-39(27-34(43)48-8-3)28-35(44)49-9-4)31(36(45)50-10-5)15-11-13-29-16-18-30(19-17-29)14-12-24-51-37/h11,13,16-19,31H,6-10,12,14-15,20-28,37H2,1-5H3/b13-11+. The fourth-order valence-electron chi connectivity index (χ4n) is 5.07. The average Bonchev–Trinajstić information content (AvgIpc) is 3.08. The zero-order valence-electron chi connectivity index (χ0n) is 31.0. The molecule has 1 aromatic carbocycles. The number of ether oxygens (including phenoxy) is 5. The Morgan fingerprint density at radius 2 is 1.08 bits per heavy atom. The van der Waals surface area contributed by atoms with Crippen LogP contribution in [0.1, 0.15) is 58.6 Å². The Morgan fingerprint density at radius 1 is 0.647 bits per heavy atom. The number of aryl methyl sites for hydroxylation is 1. The number of benzene rings is 1. The number of hydrogen-bond acceptors (Lipinski definition) is 15. The Labute approximate surface area is 302 Å². The van der Waals surface area contributed by atoms with Crippen LogP contribution in [0.25, 0.3) is 6.08 Å². The van der Waals surface area contributed by atoms with E-state index in [9.17, 15) is 24.0 Å². The van der Waals surface area contributed by atoms with Crippen molar-refractivity contribution in [3.05, 3.63) is 41.5 Å². The predicted octanol–water partition coefficient (Wildman–Crippen LogP) is 2.00. The van der Waals surface area contributed by atoms with Crippen LogP contribution in [0.15, 0.2) is 30.3 Å². The third-order valence-electron chi connectivity index (χ3n) is 7.42. The maximum atomic E-state index is 13.5. The van der Waals surface area contributed by atoms with E-state index in [1.807, 2.05) is 41.3 Å². The largest absolute Gasteiger partial charge is 0.465 e.